The zero-order chi connectivity index (χ0) is 16.3. The molecular formula is C14H16F2N2O3S. The average Bonchev–Trinajstić information content (AvgIpc) is 2.87. The van der Waals surface area contributed by atoms with Crippen molar-refractivity contribution in [3.63, 3.8) is 0 Å². The number of aromatic nitrogens is 1. The molecule has 5 nitrogen and oxygen atoms in total. The van der Waals surface area contributed by atoms with Crippen molar-refractivity contribution in [2.45, 2.75) is 17.4 Å². The van der Waals surface area contributed by atoms with E-state index in [9.17, 15) is 22.3 Å². The van der Waals surface area contributed by atoms with Crippen molar-refractivity contribution in [2.75, 3.05) is 6.54 Å². The minimum absolute atomic E-state index is 0.0341. The van der Waals surface area contributed by atoms with Gasteiger partial charge in [0.2, 0.25) is 10.0 Å². The molecule has 2 rings (SSSR count). The first-order valence-corrected chi connectivity index (χ1v) is 8.03. The first kappa shape index (κ1) is 16.6. The van der Waals surface area contributed by atoms with Gasteiger partial charge in [-0.2, -0.15) is 0 Å². The van der Waals surface area contributed by atoms with Gasteiger partial charge in [-0.1, -0.05) is 0 Å². The van der Waals surface area contributed by atoms with Crippen LogP contribution in [0, 0.1) is 11.6 Å². The zero-order valence-corrected chi connectivity index (χ0v) is 12.6. The van der Waals surface area contributed by atoms with Crippen LogP contribution in [0.25, 0.3) is 0 Å². The minimum atomic E-state index is -3.95. The second-order valence-electron chi connectivity index (χ2n) is 4.82. The lowest BCUT2D eigenvalue weighted by Crippen LogP contribution is -2.26. The Balaban J connectivity index is 1.98. The fourth-order valence-corrected chi connectivity index (χ4v) is 3.08. The SMILES string of the molecule is Cn1cccc1[C@@H](O)CCNS(=O)(=O)c1ccc(F)c(F)c1. The first-order valence-electron chi connectivity index (χ1n) is 6.55. The molecule has 1 heterocycles. The topological polar surface area (TPSA) is 71.3 Å². The van der Waals surface area contributed by atoms with Crippen molar-refractivity contribution in [2.24, 2.45) is 7.05 Å². The Morgan fingerprint density at radius 3 is 2.59 bits per heavy atom. The lowest BCUT2D eigenvalue weighted by Gasteiger charge is -2.13. The number of hydrogen-bond acceptors (Lipinski definition) is 3. The van der Waals surface area contributed by atoms with E-state index >= 15 is 0 Å². The van der Waals surface area contributed by atoms with E-state index in [0.717, 1.165) is 12.1 Å². The lowest BCUT2D eigenvalue weighted by molar-refractivity contribution is 0.161. The van der Waals surface area contributed by atoms with Crippen LogP contribution in [-0.2, 0) is 17.1 Å². The number of aliphatic hydroxyl groups excluding tert-OH is 1. The molecule has 1 aromatic heterocycles. The number of benzene rings is 1. The Labute approximate surface area is 127 Å². The predicted octanol–water partition coefficient (Wildman–Crippen LogP) is 1.71. The Bertz CT molecular complexity index is 759. The van der Waals surface area contributed by atoms with Crippen molar-refractivity contribution in [1.29, 1.82) is 0 Å². The number of rotatable bonds is 6. The van der Waals surface area contributed by atoms with Gasteiger partial charge >= 0.3 is 0 Å². The summed E-state index contributed by atoms with van der Waals surface area (Å²) >= 11 is 0. The Morgan fingerprint density at radius 1 is 1.27 bits per heavy atom. The third-order valence-electron chi connectivity index (χ3n) is 3.24. The summed E-state index contributed by atoms with van der Waals surface area (Å²) in [6.07, 6.45) is 1.10. The molecule has 22 heavy (non-hydrogen) atoms. The van der Waals surface area contributed by atoms with Crippen LogP contribution in [0.3, 0.4) is 0 Å². The summed E-state index contributed by atoms with van der Waals surface area (Å²) in [5.41, 5.74) is 0.659. The molecule has 1 aromatic carbocycles. The third kappa shape index (κ3) is 3.70. The molecule has 0 amide bonds. The van der Waals surface area contributed by atoms with E-state index in [1.807, 2.05) is 0 Å². The van der Waals surface area contributed by atoms with Crippen LogP contribution < -0.4 is 4.72 Å². The molecule has 2 N–H and O–H groups in total. The van der Waals surface area contributed by atoms with Crippen LogP contribution >= 0.6 is 0 Å². The highest BCUT2D eigenvalue weighted by Crippen LogP contribution is 2.17. The van der Waals surface area contributed by atoms with E-state index in [1.54, 1.807) is 29.9 Å². The normalized spacial score (nSPS) is 13.3. The fourth-order valence-electron chi connectivity index (χ4n) is 2.03. The van der Waals surface area contributed by atoms with Crippen molar-refractivity contribution >= 4 is 10.0 Å². The van der Waals surface area contributed by atoms with Gasteiger partial charge in [0.15, 0.2) is 11.6 Å². The summed E-state index contributed by atoms with van der Waals surface area (Å²) in [4.78, 5) is -0.361. The van der Waals surface area contributed by atoms with Gasteiger partial charge in [-0.3, -0.25) is 0 Å². The van der Waals surface area contributed by atoms with Crippen LogP contribution in [0.4, 0.5) is 8.78 Å². The molecule has 0 radical (unpaired) electrons. The molecule has 1 atom stereocenters. The molecule has 0 aliphatic heterocycles. The highest BCUT2D eigenvalue weighted by Gasteiger charge is 2.17. The summed E-state index contributed by atoms with van der Waals surface area (Å²) in [7, 11) is -2.18. The zero-order valence-electron chi connectivity index (χ0n) is 11.8. The van der Waals surface area contributed by atoms with Gasteiger partial charge < -0.3 is 9.67 Å². The minimum Gasteiger partial charge on any atom is -0.387 e. The van der Waals surface area contributed by atoms with Gasteiger partial charge in [0.25, 0.3) is 0 Å². The molecule has 8 heteroatoms. The average molecular weight is 330 g/mol. The molecular weight excluding hydrogens is 314 g/mol. The summed E-state index contributed by atoms with van der Waals surface area (Å²) < 4.78 is 53.8. The van der Waals surface area contributed by atoms with Crippen molar-refractivity contribution in [3.05, 3.63) is 53.9 Å². The van der Waals surface area contributed by atoms with E-state index in [0.29, 0.717) is 11.8 Å². The molecule has 0 saturated heterocycles. The van der Waals surface area contributed by atoms with Gasteiger partial charge in [-0.05, 0) is 36.8 Å². The second kappa shape index (κ2) is 6.55. The van der Waals surface area contributed by atoms with Gasteiger partial charge in [0.1, 0.15) is 0 Å². The molecule has 120 valence electrons. The Morgan fingerprint density at radius 2 is 2.00 bits per heavy atom. The lowest BCUT2D eigenvalue weighted by atomic mass is 10.2. The smallest absolute Gasteiger partial charge is 0.240 e. The number of nitrogens with one attached hydrogen (secondary N) is 1. The van der Waals surface area contributed by atoms with Crippen LogP contribution in [0.15, 0.2) is 41.4 Å². The number of aryl methyl sites for hydroxylation is 1. The van der Waals surface area contributed by atoms with Crippen LogP contribution in [0.5, 0.6) is 0 Å². The number of aliphatic hydroxyl groups is 1. The highest BCUT2D eigenvalue weighted by atomic mass is 32.2. The van der Waals surface area contributed by atoms with Gasteiger partial charge in [0, 0.05) is 25.5 Å². The molecule has 0 spiro atoms. The summed E-state index contributed by atoms with van der Waals surface area (Å²) in [5, 5.41) is 9.97. The number of hydrogen-bond donors (Lipinski definition) is 2. The molecule has 0 aliphatic carbocycles. The largest absolute Gasteiger partial charge is 0.387 e. The van der Waals surface area contributed by atoms with Crippen molar-refractivity contribution in [3.8, 4) is 0 Å². The van der Waals surface area contributed by atoms with Gasteiger partial charge in [-0.25, -0.2) is 21.9 Å². The molecule has 0 unspecified atom stereocenters. The Kier molecular flexibility index (Phi) is 4.94. The summed E-state index contributed by atoms with van der Waals surface area (Å²) in [6.45, 7) is -0.0341. The predicted molar refractivity (Wildman–Crippen MR) is 76.5 cm³/mol. The number of sulfonamides is 1. The number of nitrogens with zero attached hydrogens (tertiary/aromatic N) is 1. The van der Waals surface area contributed by atoms with E-state index in [-0.39, 0.29) is 17.9 Å². The number of halogens is 2. The maximum absolute atomic E-state index is 13.1. The Hall–Kier alpha value is -1.77. The van der Waals surface area contributed by atoms with E-state index in [1.165, 1.54) is 0 Å². The highest BCUT2D eigenvalue weighted by molar-refractivity contribution is 7.89. The molecule has 0 fully saturated rings. The van der Waals surface area contributed by atoms with E-state index in [4.69, 9.17) is 0 Å². The van der Waals surface area contributed by atoms with Gasteiger partial charge in [0.05, 0.1) is 11.0 Å². The molecule has 0 aliphatic rings. The molecule has 2 aromatic rings. The van der Waals surface area contributed by atoms with Crippen LogP contribution in [-0.4, -0.2) is 24.6 Å². The third-order valence-corrected chi connectivity index (χ3v) is 4.70. The second-order valence-corrected chi connectivity index (χ2v) is 6.59. The van der Waals surface area contributed by atoms with Gasteiger partial charge in [-0.15, -0.1) is 0 Å². The quantitative estimate of drug-likeness (QED) is 0.847. The summed E-state index contributed by atoms with van der Waals surface area (Å²) in [6, 6.07) is 5.85. The molecule has 0 saturated carbocycles. The van der Waals surface area contributed by atoms with E-state index in [2.05, 4.69) is 4.72 Å². The van der Waals surface area contributed by atoms with Crippen LogP contribution in [0.1, 0.15) is 18.2 Å². The van der Waals surface area contributed by atoms with Crippen molar-refractivity contribution in [1.82, 2.24) is 9.29 Å². The maximum atomic E-state index is 13.1. The standard InChI is InChI=1S/C14H16F2N2O3S/c1-18-8-2-3-13(18)14(19)6-7-17-22(20,21)10-4-5-11(15)12(16)9-10/h2-5,8-9,14,17,19H,6-7H2,1H3/t14-/m0/s1. The molecule has 0 bridgehead atoms. The first-order chi connectivity index (χ1) is 10.3. The fraction of sp³-hybridized carbons (Fsp3) is 0.286. The van der Waals surface area contributed by atoms with Crippen molar-refractivity contribution < 1.29 is 22.3 Å². The maximum Gasteiger partial charge on any atom is 0.240 e. The van der Waals surface area contributed by atoms with Crippen LogP contribution in [0.2, 0.25) is 0 Å². The monoisotopic (exact) mass is 330 g/mol. The summed E-state index contributed by atoms with van der Waals surface area (Å²) in [5.74, 6) is -2.34. The van der Waals surface area contributed by atoms with E-state index < -0.39 is 27.8 Å².